The molecule has 0 radical (unpaired) electrons. The zero-order valence-electron chi connectivity index (χ0n) is 14.2. The molecule has 2 aromatic rings. The maximum Gasteiger partial charge on any atom is 0.257 e. The van der Waals surface area contributed by atoms with Gasteiger partial charge >= 0.3 is 0 Å². The van der Waals surface area contributed by atoms with E-state index >= 15 is 0 Å². The highest BCUT2D eigenvalue weighted by atomic mass is 16.5. The van der Waals surface area contributed by atoms with Crippen LogP contribution in [0.15, 0.2) is 24.7 Å². The molecule has 0 aromatic carbocycles. The van der Waals surface area contributed by atoms with E-state index < -0.39 is 0 Å². The normalized spacial score (nSPS) is 10.7. The van der Waals surface area contributed by atoms with Crippen molar-refractivity contribution in [1.82, 2.24) is 15.0 Å². The first-order chi connectivity index (χ1) is 11.1. The molecule has 0 spiro atoms. The van der Waals surface area contributed by atoms with Crippen LogP contribution in [-0.2, 0) is 0 Å². The second-order valence-corrected chi connectivity index (χ2v) is 5.46. The van der Waals surface area contributed by atoms with Crippen LogP contribution in [0.1, 0.15) is 27.7 Å². The van der Waals surface area contributed by atoms with Gasteiger partial charge < -0.3 is 14.8 Å². The molecule has 0 aliphatic carbocycles. The molecule has 0 amide bonds. The van der Waals surface area contributed by atoms with Crippen molar-refractivity contribution < 1.29 is 9.47 Å². The van der Waals surface area contributed by atoms with E-state index in [2.05, 4.69) is 34.1 Å². The summed E-state index contributed by atoms with van der Waals surface area (Å²) < 4.78 is 11.1. The second-order valence-electron chi connectivity index (χ2n) is 5.46. The van der Waals surface area contributed by atoms with Crippen molar-refractivity contribution in [2.24, 2.45) is 5.92 Å². The van der Waals surface area contributed by atoms with Crippen molar-refractivity contribution in [3.8, 4) is 22.9 Å². The zero-order chi connectivity index (χ0) is 16.7. The molecular formula is C17H24N4O2. The van der Waals surface area contributed by atoms with Crippen LogP contribution in [-0.4, -0.2) is 34.7 Å². The highest BCUT2D eigenvalue weighted by Gasteiger charge is 2.10. The standard InChI is InChI=1S/C17H24N4O2/c1-5-22-15-7-13(10-19-17(15)23-6-2)14-8-16(21-11-20-14)18-9-12(3)4/h7-8,10-12H,5-6,9H2,1-4H3,(H,18,20,21). The smallest absolute Gasteiger partial charge is 0.257 e. The third kappa shape index (κ3) is 4.81. The van der Waals surface area contributed by atoms with Crippen molar-refractivity contribution in [2.45, 2.75) is 27.7 Å². The minimum Gasteiger partial charge on any atom is -0.488 e. The first-order valence-electron chi connectivity index (χ1n) is 7.96. The van der Waals surface area contributed by atoms with Gasteiger partial charge in [-0.3, -0.25) is 0 Å². The van der Waals surface area contributed by atoms with Crippen molar-refractivity contribution >= 4 is 5.82 Å². The molecule has 6 heteroatoms. The Morgan fingerprint density at radius 3 is 2.52 bits per heavy atom. The number of anilines is 1. The third-order valence-corrected chi connectivity index (χ3v) is 3.05. The molecule has 23 heavy (non-hydrogen) atoms. The average Bonchev–Trinajstić information content (AvgIpc) is 2.55. The molecule has 6 nitrogen and oxygen atoms in total. The zero-order valence-corrected chi connectivity index (χ0v) is 14.2. The van der Waals surface area contributed by atoms with Gasteiger partial charge in [-0.1, -0.05) is 13.8 Å². The number of rotatable bonds is 8. The molecule has 2 heterocycles. The molecule has 124 valence electrons. The fourth-order valence-corrected chi connectivity index (χ4v) is 2.00. The molecule has 0 fully saturated rings. The molecule has 0 aliphatic heterocycles. The number of hydrogen-bond acceptors (Lipinski definition) is 6. The van der Waals surface area contributed by atoms with E-state index in [1.54, 1.807) is 12.5 Å². The summed E-state index contributed by atoms with van der Waals surface area (Å²) >= 11 is 0. The van der Waals surface area contributed by atoms with Crippen molar-refractivity contribution in [2.75, 3.05) is 25.1 Å². The Hall–Kier alpha value is -2.37. The van der Waals surface area contributed by atoms with E-state index in [1.165, 1.54) is 0 Å². The summed E-state index contributed by atoms with van der Waals surface area (Å²) in [5.74, 6) is 2.48. The van der Waals surface area contributed by atoms with E-state index in [-0.39, 0.29) is 0 Å². The van der Waals surface area contributed by atoms with Crippen LogP contribution in [0, 0.1) is 5.92 Å². The van der Waals surface area contributed by atoms with E-state index in [0.29, 0.717) is 30.8 Å². The summed E-state index contributed by atoms with van der Waals surface area (Å²) in [6.45, 7) is 10.1. The maximum atomic E-state index is 5.61. The highest BCUT2D eigenvalue weighted by molar-refractivity contribution is 5.64. The lowest BCUT2D eigenvalue weighted by Gasteiger charge is -2.12. The molecule has 2 rings (SSSR count). The van der Waals surface area contributed by atoms with Crippen LogP contribution in [0.5, 0.6) is 11.6 Å². The van der Waals surface area contributed by atoms with Crippen LogP contribution in [0.3, 0.4) is 0 Å². The maximum absolute atomic E-state index is 5.61. The predicted octanol–water partition coefficient (Wildman–Crippen LogP) is 3.40. The summed E-state index contributed by atoms with van der Waals surface area (Å²) in [6.07, 6.45) is 3.29. The molecule has 0 unspecified atom stereocenters. The third-order valence-electron chi connectivity index (χ3n) is 3.05. The molecule has 0 saturated heterocycles. The van der Waals surface area contributed by atoms with Crippen LogP contribution in [0.4, 0.5) is 5.82 Å². The van der Waals surface area contributed by atoms with Gasteiger partial charge in [-0.15, -0.1) is 0 Å². The lowest BCUT2D eigenvalue weighted by atomic mass is 10.2. The number of ether oxygens (including phenoxy) is 2. The van der Waals surface area contributed by atoms with Gasteiger partial charge in [-0.2, -0.15) is 0 Å². The van der Waals surface area contributed by atoms with E-state index in [1.807, 2.05) is 26.0 Å². The number of nitrogens with zero attached hydrogens (tertiary/aromatic N) is 3. The Kier molecular flexibility index (Phi) is 6.14. The lowest BCUT2D eigenvalue weighted by molar-refractivity contribution is 0.278. The van der Waals surface area contributed by atoms with Crippen molar-refractivity contribution in [3.05, 3.63) is 24.7 Å². The quantitative estimate of drug-likeness (QED) is 0.805. The van der Waals surface area contributed by atoms with E-state index in [0.717, 1.165) is 23.6 Å². The number of aromatic nitrogens is 3. The Bertz CT molecular complexity index is 632. The van der Waals surface area contributed by atoms with Crippen LogP contribution < -0.4 is 14.8 Å². The van der Waals surface area contributed by atoms with Gasteiger partial charge in [0.2, 0.25) is 0 Å². The average molecular weight is 316 g/mol. The largest absolute Gasteiger partial charge is 0.488 e. The van der Waals surface area contributed by atoms with Crippen LogP contribution in [0.25, 0.3) is 11.3 Å². The van der Waals surface area contributed by atoms with Gasteiger partial charge in [0.25, 0.3) is 5.88 Å². The van der Waals surface area contributed by atoms with Crippen molar-refractivity contribution in [1.29, 1.82) is 0 Å². The molecule has 0 saturated carbocycles. The van der Waals surface area contributed by atoms with Gasteiger partial charge in [0.05, 0.1) is 18.9 Å². The topological polar surface area (TPSA) is 69.2 Å². The molecule has 1 N–H and O–H groups in total. The van der Waals surface area contributed by atoms with Gasteiger partial charge in [0.1, 0.15) is 12.1 Å². The highest BCUT2D eigenvalue weighted by Crippen LogP contribution is 2.30. The van der Waals surface area contributed by atoms with Gasteiger partial charge in [0, 0.05) is 24.4 Å². The summed E-state index contributed by atoms with van der Waals surface area (Å²) in [6, 6.07) is 3.81. The Balaban J connectivity index is 2.26. The number of pyridine rings is 1. The number of nitrogens with one attached hydrogen (secondary N) is 1. The Labute approximate surface area is 137 Å². The summed E-state index contributed by atoms with van der Waals surface area (Å²) in [7, 11) is 0. The molecular weight excluding hydrogens is 292 g/mol. The predicted molar refractivity (Wildman–Crippen MR) is 90.9 cm³/mol. The first kappa shape index (κ1) is 17.0. The Morgan fingerprint density at radius 1 is 1.04 bits per heavy atom. The molecule has 0 bridgehead atoms. The Morgan fingerprint density at radius 2 is 1.83 bits per heavy atom. The molecule has 2 aromatic heterocycles. The lowest BCUT2D eigenvalue weighted by Crippen LogP contribution is -2.09. The fourth-order valence-electron chi connectivity index (χ4n) is 2.00. The van der Waals surface area contributed by atoms with Gasteiger partial charge in [-0.25, -0.2) is 15.0 Å². The van der Waals surface area contributed by atoms with Crippen LogP contribution in [0.2, 0.25) is 0 Å². The van der Waals surface area contributed by atoms with E-state index in [4.69, 9.17) is 9.47 Å². The minimum atomic E-state index is 0.505. The SMILES string of the molecule is CCOc1cc(-c2cc(NCC(C)C)ncn2)cnc1OCC. The summed E-state index contributed by atoms with van der Waals surface area (Å²) in [4.78, 5) is 12.9. The second kappa shape index (κ2) is 8.31. The number of hydrogen-bond donors (Lipinski definition) is 1. The first-order valence-corrected chi connectivity index (χ1v) is 7.96. The molecule has 0 aliphatic rings. The van der Waals surface area contributed by atoms with Gasteiger partial charge in [0.15, 0.2) is 5.75 Å². The minimum absolute atomic E-state index is 0.505. The van der Waals surface area contributed by atoms with Crippen molar-refractivity contribution in [3.63, 3.8) is 0 Å². The van der Waals surface area contributed by atoms with E-state index in [9.17, 15) is 0 Å². The fraction of sp³-hybridized carbons (Fsp3) is 0.471. The monoisotopic (exact) mass is 316 g/mol. The summed E-state index contributed by atoms with van der Waals surface area (Å²) in [5.41, 5.74) is 1.66. The molecule has 0 atom stereocenters. The summed E-state index contributed by atoms with van der Waals surface area (Å²) in [5, 5.41) is 3.30. The van der Waals surface area contributed by atoms with Gasteiger partial charge in [-0.05, 0) is 25.8 Å². The van der Waals surface area contributed by atoms with Crippen LogP contribution >= 0.6 is 0 Å².